The molecule has 0 aromatic heterocycles. The lowest BCUT2D eigenvalue weighted by Gasteiger charge is -2.14. The molecule has 1 aliphatic rings. The molecule has 3 heteroatoms. The second kappa shape index (κ2) is 5.93. The van der Waals surface area contributed by atoms with Gasteiger partial charge < -0.3 is 10.2 Å². The molecule has 2 nitrogen and oxygen atoms in total. The van der Waals surface area contributed by atoms with Crippen molar-refractivity contribution in [3.63, 3.8) is 0 Å². The molecular weight excluding hydrogens is 155 g/mol. The molecule has 0 spiro atoms. The van der Waals surface area contributed by atoms with Crippen LogP contribution in [0, 0.1) is 0 Å². The largest absolute Gasteiger partial charge is 0.312 e. The Morgan fingerprint density at radius 1 is 1.36 bits per heavy atom. The van der Waals surface area contributed by atoms with Gasteiger partial charge in [0.1, 0.15) is 0 Å². The van der Waals surface area contributed by atoms with E-state index in [4.69, 9.17) is 0 Å². The lowest BCUT2D eigenvalue weighted by atomic mass is 10.4. The highest BCUT2D eigenvalue weighted by atomic mass is 31.1. The predicted octanol–water partition coefficient (Wildman–Crippen LogP) is 0.938. The Morgan fingerprint density at radius 2 is 2.09 bits per heavy atom. The van der Waals surface area contributed by atoms with E-state index < -0.39 is 0 Å². The molecule has 11 heavy (non-hydrogen) atoms. The zero-order valence-corrected chi connectivity index (χ0v) is 8.40. The van der Waals surface area contributed by atoms with Crippen LogP contribution in [0.3, 0.4) is 0 Å². The molecule has 1 unspecified atom stereocenters. The quantitative estimate of drug-likeness (QED) is 0.493. The van der Waals surface area contributed by atoms with Crippen LogP contribution >= 0.6 is 8.58 Å². The Hall–Kier alpha value is 0.350. The van der Waals surface area contributed by atoms with E-state index in [2.05, 4.69) is 16.9 Å². The van der Waals surface area contributed by atoms with Crippen LogP contribution in [-0.2, 0) is 0 Å². The molecule has 0 radical (unpaired) electrons. The summed E-state index contributed by atoms with van der Waals surface area (Å²) in [5.41, 5.74) is 0. The van der Waals surface area contributed by atoms with Crippen molar-refractivity contribution in [2.45, 2.75) is 12.8 Å². The SMILES string of the molecule is CPCNCCN1CCCC1. The van der Waals surface area contributed by atoms with Gasteiger partial charge in [0.05, 0.1) is 0 Å². The van der Waals surface area contributed by atoms with Crippen molar-refractivity contribution >= 4 is 8.58 Å². The number of nitrogens with zero attached hydrogens (tertiary/aromatic N) is 1. The molecule has 66 valence electrons. The standard InChI is InChI=1S/C8H19N2P/c1-11-8-9-4-7-10-5-2-3-6-10/h9,11H,2-8H2,1H3. The average molecular weight is 174 g/mol. The summed E-state index contributed by atoms with van der Waals surface area (Å²) in [6.07, 6.45) is 4.03. The fourth-order valence-electron chi connectivity index (χ4n) is 1.46. The lowest BCUT2D eigenvalue weighted by Crippen LogP contribution is -2.29. The Labute approximate surface area is 71.5 Å². The zero-order chi connectivity index (χ0) is 7.94. The first-order chi connectivity index (χ1) is 5.43. The molecule has 0 bridgehead atoms. The van der Waals surface area contributed by atoms with Crippen molar-refractivity contribution in [1.82, 2.24) is 10.2 Å². The monoisotopic (exact) mass is 174 g/mol. The van der Waals surface area contributed by atoms with Crippen molar-refractivity contribution in [1.29, 1.82) is 0 Å². The summed E-state index contributed by atoms with van der Waals surface area (Å²) >= 11 is 0. The van der Waals surface area contributed by atoms with E-state index in [0.717, 1.165) is 8.58 Å². The summed E-state index contributed by atoms with van der Waals surface area (Å²) in [6.45, 7) is 7.33. The van der Waals surface area contributed by atoms with Gasteiger partial charge in [-0.25, -0.2) is 0 Å². The van der Waals surface area contributed by atoms with Gasteiger partial charge in [-0.1, -0.05) is 0 Å². The molecule has 1 rings (SSSR count). The van der Waals surface area contributed by atoms with Crippen LogP contribution in [0.1, 0.15) is 12.8 Å². The summed E-state index contributed by atoms with van der Waals surface area (Å²) in [5, 5.41) is 3.43. The Balaban J connectivity index is 1.86. The minimum Gasteiger partial charge on any atom is -0.312 e. The van der Waals surface area contributed by atoms with Crippen LogP contribution in [-0.4, -0.2) is 44.0 Å². The first-order valence-electron chi connectivity index (χ1n) is 4.51. The van der Waals surface area contributed by atoms with Gasteiger partial charge in [0.2, 0.25) is 0 Å². The van der Waals surface area contributed by atoms with E-state index in [1.807, 2.05) is 0 Å². The molecule has 0 aromatic rings. The Bertz CT molecular complexity index is 92.1. The third-order valence-corrected chi connectivity index (χ3v) is 2.71. The van der Waals surface area contributed by atoms with Gasteiger partial charge in [-0.2, -0.15) is 0 Å². The molecule has 1 atom stereocenters. The topological polar surface area (TPSA) is 15.3 Å². The van der Waals surface area contributed by atoms with Crippen LogP contribution in [0.4, 0.5) is 0 Å². The van der Waals surface area contributed by atoms with E-state index in [-0.39, 0.29) is 0 Å². The summed E-state index contributed by atoms with van der Waals surface area (Å²) in [6, 6.07) is 0. The van der Waals surface area contributed by atoms with Crippen LogP contribution in [0.5, 0.6) is 0 Å². The highest BCUT2D eigenvalue weighted by Gasteiger charge is 2.09. The maximum atomic E-state index is 3.43. The van der Waals surface area contributed by atoms with Crippen LogP contribution < -0.4 is 5.32 Å². The second-order valence-corrected chi connectivity index (χ2v) is 4.14. The number of hydrogen-bond acceptors (Lipinski definition) is 2. The molecule has 0 aliphatic carbocycles. The molecule has 1 fully saturated rings. The summed E-state index contributed by atoms with van der Waals surface area (Å²) < 4.78 is 0. The van der Waals surface area contributed by atoms with Crippen LogP contribution in [0.2, 0.25) is 0 Å². The van der Waals surface area contributed by atoms with Gasteiger partial charge in [-0.3, -0.25) is 0 Å². The highest BCUT2D eigenvalue weighted by Crippen LogP contribution is 2.05. The van der Waals surface area contributed by atoms with Crippen molar-refractivity contribution < 1.29 is 0 Å². The number of rotatable bonds is 5. The van der Waals surface area contributed by atoms with Gasteiger partial charge in [0, 0.05) is 19.4 Å². The first kappa shape index (κ1) is 9.44. The van der Waals surface area contributed by atoms with E-state index in [1.54, 1.807) is 0 Å². The number of nitrogens with one attached hydrogen (secondary N) is 1. The summed E-state index contributed by atoms with van der Waals surface area (Å²) in [4.78, 5) is 2.55. The van der Waals surface area contributed by atoms with E-state index in [9.17, 15) is 0 Å². The molecule has 0 amide bonds. The van der Waals surface area contributed by atoms with Crippen LogP contribution in [0.25, 0.3) is 0 Å². The predicted molar refractivity (Wildman–Crippen MR) is 52.8 cm³/mol. The van der Waals surface area contributed by atoms with Gasteiger partial charge >= 0.3 is 0 Å². The first-order valence-corrected chi connectivity index (χ1v) is 6.22. The Kier molecular flexibility index (Phi) is 5.09. The second-order valence-electron chi connectivity index (χ2n) is 3.08. The van der Waals surface area contributed by atoms with Crippen molar-refractivity contribution in [2.24, 2.45) is 0 Å². The maximum Gasteiger partial charge on any atom is 0.0125 e. The third-order valence-electron chi connectivity index (χ3n) is 2.11. The van der Waals surface area contributed by atoms with Gasteiger partial charge in [0.15, 0.2) is 0 Å². The Morgan fingerprint density at radius 3 is 2.73 bits per heavy atom. The van der Waals surface area contributed by atoms with Crippen molar-refractivity contribution in [3.8, 4) is 0 Å². The molecule has 1 N–H and O–H groups in total. The van der Waals surface area contributed by atoms with Crippen LogP contribution in [0.15, 0.2) is 0 Å². The molecule has 0 aromatic carbocycles. The summed E-state index contributed by atoms with van der Waals surface area (Å²) in [7, 11) is 1.05. The number of likely N-dealkylation sites (tertiary alicyclic amines) is 1. The minimum absolute atomic E-state index is 1.05. The van der Waals surface area contributed by atoms with Gasteiger partial charge in [0.25, 0.3) is 0 Å². The lowest BCUT2D eigenvalue weighted by molar-refractivity contribution is 0.339. The van der Waals surface area contributed by atoms with E-state index >= 15 is 0 Å². The molecule has 1 saturated heterocycles. The van der Waals surface area contributed by atoms with Gasteiger partial charge in [-0.15, -0.1) is 8.58 Å². The smallest absolute Gasteiger partial charge is 0.0125 e. The highest BCUT2D eigenvalue weighted by molar-refractivity contribution is 7.36. The molecular formula is C8H19N2P. The van der Waals surface area contributed by atoms with E-state index in [1.165, 1.54) is 45.3 Å². The third kappa shape index (κ3) is 4.05. The maximum absolute atomic E-state index is 3.43. The molecule has 1 heterocycles. The fraction of sp³-hybridized carbons (Fsp3) is 1.00. The average Bonchev–Trinajstić information content (AvgIpc) is 2.50. The van der Waals surface area contributed by atoms with Crippen molar-refractivity contribution in [2.75, 3.05) is 39.1 Å². The van der Waals surface area contributed by atoms with Crippen molar-refractivity contribution in [3.05, 3.63) is 0 Å². The zero-order valence-electron chi connectivity index (χ0n) is 7.40. The summed E-state index contributed by atoms with van der Waals surface area (Å²) in [5.74, 6) is 0. The van der Waals surface area contributed by atoms with E-state index in [0.29, 0.717) is 0 Å². The fourth-order valence-corrected chi connectivity index (χ4v) is 1.88. The minimum atomic E-state index is 1.05. The van der Waals surface area contributed by atoms with Gasteiger partial charge in [-0.05, 0) is 32.6 Å². The normalized spacial score (nSPS) is 20.5. The number of hydrogen-bond donors (Lipinski definition) is 1. The molecule has 1 aliphatic heterocycles. The molecule has 0 saturated carbocycles.